The third-order valence-electron chi connectivity index (χ3n) is 5.91. The van der Waals surface area contributed by atoms with Gasteiger partial charge in [0.15, 0.2) is 0 Å². The Kier molecular flexibility index (Phi) is 5.19. The number of alkyl halides is 3. The van der Waals surface area contributed by atoms with Crippen LogP contribution < -0.4 is 0 Å². The van der Waals surface area contributed by atoms with Gasteiger partial charge in [0.25, 0.3) is 0 Å². The molecule has 2 aliphatic carbocycles. The first-order valence-corrected chi connectivity index (χ1v) is 9.91. The maximum atomic E-state index is 11.4. The number of ether oxygens (including phenoxy) is 1. The Labute approximate surface area is 155 Å². The van der Waals surface area contributed by atoms with Gasteiger partial charge in [0.1, 0.15) is 6.10 Å². The van der Waals surface area contributed by atoms with E-state index in [1.54, 1.807) is 0 Å². The van der Waals surface area contributed by atoms with E-state index >= 15 is 0 Å². The summed E-state index contributed by atoms with van der Waals surface area (Å²) >= 11 is 14.3. The quantitative estimate of drug-likeness (QED) is 0.292. The standard InChI is InChI=1S/C17H25Br2ClO2/c1-10-8-12(22-11(2)21)14(18)15(3,4)17(10)7-6-16(5,19)13(20)9-17/h12-14H,1,6-9H2,2-5H3. The van der Waals surface area contributed by atoms with E-state index in [-0.39, 0.29) is 37.4 Å². The monoisotopic (exact) mass is 454 g/mol. The Hall–Kier alpha value is 0.460. The van der Waals surface area contributed by atoms with Crippen molar-refractivity contribution in [1.29, 1.82) is 0 Å². The second-order valence-electron chi connectivity index (χ2n) is 7.61. The molecule has 5 unspecified atom stereocenters. The fraction of sp³-hybridized carbons (Fsp3) is 0.824. The largest absolute Gasteiger partial charge is 0.461 e. The Balaban J connectivity index is 2.34. The summed E-state index contributed by atoms with van der Waals surface area (Å²) in [5.74, 6) is -0.235. The lowest BCUT2D eigenvalue weighted by Gasteiger charge is -2.60. The van der Waals surface area contributed by atoms with Gasteiger partial charge in [-0.15, -0.1) is 11.6 Å². The highest BCUT2D eigenvalue weighted by molar-refractivity contribution is 9.10. The van der Waals surface area contributed by atoms with Crippen LogP contribution in [0.4, 0.5) is 0 Å². The van der Waals surface area contributed by atoms with Crippen molar-refractivity contribution in [3.8, 4) is 0 Å². The van der Waals surface area contributed by atoms with E-state index in [1.165, 1.54) is 12.5 Å². The molecule has 0 bridgehead atoms. The second kappa shape index (κ2) is 6.07. The van der Waals surface area contributed by atoms with Gasteiger partial charge in [0.05, 0.1) is 4.83 Å². The van der Waals surface area contributed by atoms with Gasteiger partial charge < -0.3 is 4.74 Å². The number of hydrogen-bond donors (Lipinski definition) is 0. The van der Waals surface area contributed by atoms with Crippen molar-refractivity contribution in [2.24, 2.45) is 10.8 Å². The van der Waals surface area contributed by atoms with Crippen LogP contribution >= 0.6 is 43.5 Å². The predicted molar refractivity (Wildman–Crippen MR) is 99.1 cm³/mol. The smallest absolute Gasteiger partial charge is 0.302 e. The molecule has 0 aromatic heterocycles. The van der Waals surface area contributed by atoms with Crippen LogP contribution in [0, 0.1) is 10.8 Å². The maximum Gasteiger partial charge on any atom is 0.302 e. The molecule has 0 saturated heterocycles. The van der Waals surface area contributed by atoms with Gasteiger partial charge in [-0.25, -0.2) is 0 Å². The third-order valence-corrected chi connectivity index (χ3v) is 9.50. The Morgan fingerprint density at radius 2 is 1.95 bits per heavy atom. The van der Waals surface area contributed by atoms with Crippen LogP contribution in [0.2, 0.25) is 0 Å². The van der Waals surface area contributed by atoms with Crippen LogP contribution in [0.25, 0.3) is 0 Å². The number of hydrogen-bond acceptors (Lipinski definition) is 2. The summed E-state index contributed by atoms with van der Waals surface area (Å²) in [6, 6.07) is 0. The van der Waals surface area contributed by atoms with Crippen molar-refractivity contribution >= 4 is 49.4 Å². The Morgan fingerprint density at radius 3 is 2.45 bits per heavy atom. The van der Waals surface area contributed by atoms with E-state index in [1.807, 2.05) is 0 Å². The lowest BCUT2D eigenvalue weighted by molar-refractivity contribution is -0.150. The second-order valence-corrected chi connectivity index (χ2v) is 10.9. The summed E-state index contributed by atoms with van der Waals surface area (Å²) in [5, 5.41) is 0.0576. The number of carbonyl (C=O) groups excluding carboxylic acids is 1. The van der Waals surface area contributed by atoms with Crippen molar-refractivity contribution in [2.75, 3.05) is 0 Å². The third kappa shape index (κ3) is 2.93. The zero-order chi connectivity index (χ0) is 16.9. The SMILES string of the molecule is C=C1CC(OC(C)=O)C(Br)C(C)(C)C12CCC(C)(Br)C(Cl)C2. The molecule has 0 aromatic rings. The van der Waals surface area contributed by atoms with Crippen molar-refractivity contribution in [3.05, 3.63) is 12.2 Å². The normalized spacial score (nSPS) is 44.9. The van der Waals surface area contributed by atoms with E-state index in [2.05, 4.69) is 59.2 Å². The Morgan fingerprint density at radius 1 is 1.36 bits per heavy atom. The zero-order valence-electron chi connectivity index (χ0n) is 13.7. The molecule has 2 nitrogen and oxygen atoms in total. The van der Waals surface area contributed by atoms with Crippen LogP contribution in [0.1, 0.15) is 53.4 Å². The molecular formula is C17H25Br2ClO2. The summed E-state index contributed by atoms with van der Waals surface area (Å²) in [6.45, 7) is 12.5. The molecule has 0 aliphatic heterocycles. The van der Waals surface area contributed by atoms with E-state index in [9.17, 15) is 4.79 Å². The molecule has 5 atom stereocenters. The number of carbonyl (C=O) groups is 1. The highest BCUT2D eigenvalue weighted by atomic mass is 79.9. The minimum absolute atomic E-state index is 0.0164. The fourth-order valence-corrected chi connectivity index (χ4v) is 5.65. The topological polar surface area (TPSA) is 26.3 Å². The number of esters is 1. The summed E-state index contributed by atoms with van der Waals surface area (Å²) < 4.78 is 5.50. The zero-order valence-corrected chi connectivity index (χ0v) is 17.6. The van der Waals surface area contributed by atoms with Gasteiger partial charge >= 0.3 is 5.97 Å². The minimum Gasteiger partial charge on any atom is -0.461 e. The molecule has 0 N–H and O–H groups in total. The summed E-state index contributed by atoms with van der Waals surface area (Å²) in [5.41, 5.74) is 1.07. The highest BCUT2D eigenvalue weighted by Crippen LogP contribution is 2.64. The fourth-order valence-electron chi connectivity index (χ4n) is 4.18. The first kappa shape index (κ1) is 18.8. The molecule has 126 valence electrons. The molecular weight excluding hydrogens is 431 g/mol. The van der Waals surface area contributed by atoms with Crippen LogP contribution in [-0.4, -0.2) is 26.6 Å². The first-order chi connectivity index (χ1) is 9.94. The van der Waals surface area contributed by atoms with Crippen molar-refractivity contribution < 1.29 is 9.53 Å². The summed E-state index contributed by atoms with van der Waals surface area (Å²) in [6.07, 6.45) is 3.52. The van der Waals surface area contributed by atoms with E-state index in [0.29, 0.717) is 6.42 Å². The first-order valence-electron chi connectivity index (χ1n) is 7.76. The molecule has 0 amide bonds. The average Bonchev–Trinajstić information content (AvgIpc) is 2.38. The number of rotatable bonds is 1. The van der Waals surface area contributed by atoms with E-state index in [0.717, 1.165) is 19.3 Å². The minimum atomic E-state index is -0.235. The van der Waals surface area contributed by atoms with Crippen LogP contribution in [-0.2, 0) is 9.53 Å². The van der Waals surface area contributed by atoms with Crippen molar-refractivity contribution in [3.63, 3.8) is 0 Å². The van der Waals surface area contributed by atoms with Crippen molar-refractivity contribution in [1.82, 2.24) is 0 Å². The lowest BCUT2D eigenvalue weighted by atomic mass is 9.49. The van der Waals surface area contributed by atoms with E-state index in [4.69, 9.17) is 16.3 Å². The van der Waals surface area contributed by atoms with Gasteiger partial charge in [-0.1, -0.05) is 57.9 Å². The lowest BCUT2D eigenvalue weighted by Crippen LogP contribution is -2.58. The molecule has 5 heteroatoms. The van der Waals surface area contributed by atoms with Gasteiger partial charge in [0, 0.05) is 23.0 Å². The maximum absolute atomic E-state index is 11.4. The predicted octanol–water partition coefficient (Wildman–Crippen LogP) is 5.60. The molecule has 0 heterocycles. The summed E-state index contributed by atoms with van der Waals surface area (Å²) in [7, 11) is 0. The van der Waals surface area contributed by atoms with Gasteiger partial charge in [0.2, 0.25) is 0 Å². The highest BCUT2D eigenvalue weighted by Gasteiger charge is 2.60. The molecule has 0 radical (unpaired) electrons. The van der Waals surface area contributed by atoms with Crippen LogP contribution in [0.5, 0.6) is 0 Å². The Bertz CT molecular complexity index is 489. The van der Waals surface area contributed by atoms with Crippen LogP contribution in [0.15, 0.2) is 12.2 Å². The molecule has 2 saturated carbocycles. The molecule has 0 aromatic carbocycles. The molecule has 22 heavy (non-hydrogen) atoms. The van der Waals surface area contributed by atoms with Crippen LogP contribution in [0.3, 0.4) is 0 Å². The summed E-state index contributed by atoms with van der Waals surface area (Å²) in [4.78, 5) is 11.5. The van der Waals surface area contributed by atoms with E-state index < -0.39 is 0 Å². The number of halogens is 3. The van der Waals surface area contributed by atoms with Gasteiger partial charge in [-0.2, -0.15) is 0 Å². The molecule has 2 rings (SSSR count). The van der Waals surface area contributed by atoms with Gasteiger partial charge in [-0.05, 0) is 37.0 Å². The average molecular weight is 457 g/mol. The van der Waals surface area contributed by atoms with Crippen molar-refractivity contribution in [2.45, 2.75) is 74.0 Å². The molecule has 1 spiro atoms. The molecule has 2 aliphatic rings. The molecule has 2 fully saturated rings. The van der Waals surface area contributed by atoms with Gasteiger partial charge in [-0.3, -0.25) is 4.79 Å².